The van der Waals surface area contributed by atoms with Crippen LogP contribution in [0.25, 0.3) is 0 Å². The second kappa shape index (κ2) is 28.2. The van der Waals surface area contributed by atoms with Crippen molar-refractivity contribution in [3.8, 4) is 0 Å². The van der Waals surface area contributed by atoms with Crippen LogP contribution < -0.4 is 69.3 Å². The van der Waals surface area contributed by atoms with E-state index in [4.69, 9.17) is 14.0 Å². The van der Waals surface area contributed by atoms with Crippen molar-refractivity contribution >= 4 is 44.1 Å². The number of rotatable bonds is 22. The Bertz CT molecular complexity index is 972. The zero-order valence-electron chi connectivity index (χ0n) is 25.1. The van der Waals surface area contributed by atoms with Crippen LogP contribution in [0.3, 0.4) is 0 Å². The molecule has 236 valence electrons. The van der Waals surface area contributed by atoms with E-state index in [0.29, 0.717) is 12.8 Å². The summed E-state index contributed by atoms with van der Waals surface area (Å²) in [6.45, 7) is 4.50. The van der Waals surface area contributed by atoms with Gasteiger partial charge in [0.05, 0.1) is 25.6 Å². The van der Waals surface area contributed by atoms with E-state index in [9.17, 15) is 50.8 Å². The first kappa shape index (κ1) is 48.6. The molecular weight excluding hydrogens is 622 g/mol. The molecule has 0 aliphatic rings. The maximum Gasteiger partial charge on any atom is 1.00 e. The molecule has 42 heavy (non-hydrogen) atoms. The Labute approximate surface area is 293 Å². The number of carboxylic acid groups (broad SMARTS) is 2. The third-order valence-electron chi connectivity index (χ3n) is 5.45. The van der Waals surface area contributed by atoms with Gasteiger partial charge in [0, 0.05) is 12.4 Å². The van der Waals surface area contributed by atoms with E-state index in [1.165, 1.54) is 6.42 Å². The molecule has 0 bridgehead atoms. The molecule has 0 radical (unpaired) electrons. The van der Waals surface area contributed by atoms with E-state index >= 15 is 0 Å². The van der Waals surface area contributed by atoms with Gasteiger partial charge in [-0.3, -0.25) is 18.7 Å². The molecule has 0 rings (SSSR count). The van der Waals surface area contributed by atoms with Gasteiger partial charge in [-0.05, 0) is 12.8 Å². The van der Waals surface area contributed by atoms with Crippen LogP contribution in [0.4, 0.5) is 0 Å². The van der Waals surface area contributed by atoms with Gasteiger partial charge in [0.2, 0.25) is 0 Å². The van der Waals surface area contributed by atoms with E-state index in [1.54, 1.807) is 0 Å². The van der Waals surface area contributed by atoms with Gasteiger partial charge in [-0.15, -0.1) is 0 Å². The maximum atomic E-state index is 12.0. The molecule has 0 heterocycles. The smallest absolute Gasteiger partial charge is 0.550 e. The van der Waals surface area contributed by atoms with E-state index in [0.717, 1.165) is 57.8 Å². The van der Waals surface area contributed by atoms with Crippen molar-refractivity contribution in [2.24, 2.45) is 0 Å². The molecule has 2 atom stereocenters. The van der Waals surface area contributed by atoms with Crippen molar-refractivity contribution in [1.82, 2.24) is 0 Å². The van der Waals surface area contributed by atoms with E-state index in [2.05, 4.69) is 13.8 Å². The van der Waals surface area contributed by atoms with Gasteiger partial charge in [-0.1, -0.05) is 78.1 Å². The van der Waals surface area contributed by atoms with Crippen molar-refractivity contribution in [3.05, 3.63) is 0 Å². The Morgan fingerprint density at radius 2 is 1.00 bits per heavy atom. The molecule has 2 unspecified atom stereocenters. The minimum Gasteiger partial charge on any atom is -0.550 e. The summed E-state index contributed by atoms with van der Waals surface area (Å²) in [5, 5.41) is 15.3. The molecular formula is C24H42Na2O14S2. The number of esters is 2. The van der Waals surface area contributed by atoms with Gasteiger partial charge in [-0.25, -0.2) is 0 Å². The number of hydrogen-bond donors (Lipinski definition) is 2. The predicted octanol–water partition coefficient (Wildman–Crippen LogP) is -5.42. The summed E-state index contributed by atoms with van der Waals surface area (Å²) < 4.78 is 70.5. The standard InChI is InChI=1S/C20H38O7S.C4H6O7S.2Na/c1-3-5-7-9-11-13-15-26-19(21)17-18(28(23,24)25)20(22)27-16-14-12-10-8-6-4-2;5-3(6)1-2(4(7)8)12(9,10)11;;/h18H,3-17H2,1-2H3,(H,23,24,25);2H,1H2,(H,5,6)(H,7,8)(H,9,10,11);;/q;;2*+1/p-2. The van der Waals surface area contributed by atoms with Crippen LogP contribution in [-0.2, 0) is 48.9 Å². The Kier molecular flexibility index (Phi) is 32.6. The fraction of sp³-hybridized carbons (Fsp3) is 0.833. The minimum atomic E-state index is -4.94. The fourth-order valence-electron chi connectivity index (χ4n) is 3.20. The molecule has 2 N–H and O–H groups in total. The first-order valence-corrected chi connectivity index (χ1v) is 16.2. The molecule has 0 aromatic rings. The summed E-state index contributed by atoms with van der Waals surface area (Å²) in [4.78, 5) is 43.5. The van der Waals surface area contributed by atoms with Crippen molar-refractivity contribution in [2.45, 2.75) is 114 Å². The molecule has 0 fully saturated rings. The summed E-state index contributed by atoms with van der Waals surface area (Å²) in [6.07, 6.45) is 10.0. The van der Waals surface area contributed by atoms with Crippen molar-refractivity contribution < 1.29 is 124 Å². The van der Waals surface area contributed by atoms with Gasteiger partial charge in [0.1, 0.15) is 5.25 Å². The van der Waals surface area contributed by atoms with Crippen LogP contribution in [-0.4, -0.2) is 73.5 Å². The van der Waals surface area contributed by atoms with Crippen LogP contribution in [0.15, 0.2) is 0 Å². The van der Waals surface area contributed by atoms with Crippen LogP contribution in [0.1, 0.15) is 104 Å². The summed E-state index contributed by atoms with van der Waals surface area (Å²) in [5.41, 5.74) is 0. The molecule has 14 nitrogen and oxygen atoms in total. The zero-order valence-corrected chi connectivity index (χ0v) is 30.7. The number of aliphatic carboxylic acids is 2. The van der Waals surface area contributed by atoms with Gasteiger partial charge >= 0.3 is 71.1 Å². The molecule has 0 aliphatic heterocycles. The summed E-state index contributed by atoms with van der Waals surface area (Å²) in [6, 6.07) is 0. The molecule has 0 aromatic carbocycles. The van der Waals surface area contributed by atoms with Crippen LogP contribution in [0.2, 0.25) is 0 Å². The molecule has 0 aromatic heterocycles. The largest absolute Gasteiger partial charge is 1.00 e. The second-order valence-corrected chi connectivity index (χ2v) is 12.2. The monoisotopic (exact) mass is 664 g/mol. The van der Waals surface area contributed by atoms with Crippen molar-refractivity contribution in [2.75, 3.05) is 13.2 Å². The first-order valence-electron chi connectivity index (χ1n) is 13.2. The van der Waals surface area contributed by atoms with E-state index in [1.807, 2.05) is 0 Å². The van der Waals surface area contributed by atoms with Crippen LogP contribution in [0, 0.1) is 0 Å². The molecule has 0 spiro atoms. The Balaban J connectivity index is -0.000000436. The van der Waals surface area contributed by atoms with Crippen LogP contribution in [0.5, 0.6) is 0 Å². The molecule has 0 saturated heterocycles. The predicted molar refractivity (Wildman–Crippen MR) is 139 cm³/mol. The first-order chi connectivity index (χ1) is 18.6. The van der Waals surface area contributed by atoms with E-state index in [-0.39, 0.29) is 72.3 Å². The van der Waals surface area contributed by atoms with Crippen molar-refractivity contribution in [1.29, 1.82) is 0 Å². The summed E-state index contributed by atoms with van der Waals surface area (Å²) in [7, 11) is -9.68. The SMILES string of the molecule is CCCCCCCCOC(=O)CC(C(=O)OCCCCCCCC)S(=O)(=O)O.O=C([O-])CC(C(=O)[O-])S(=O)(=O)O.[Na+].[Na+]. The fourth-order valence-corrected chi connectivity index (χ4v) is 4.45. The molecule has 0 aliphatic carbocycles. The number of ether oxygens (including phenoxy) is 2. The van der Waals surface area contributed by atoms with Crippen LogP contribution >= 0.6 is 0 Å². The van der Waals surface area contributed by atoms with Gasteiger partial charge in [0.15, 0.2) is 5.25 Å². The normalized spacial score (nSPS) is 12.3. The maximum absolute atomic E-state index is 12.0. The topological polar surface area (TPSA) is 242 Å². The third kappa shape index (κ3) is 28.5. The minimum absolute atomic E-state index is 0. The third-order valence-corrected chi connectivity index (χ3v) is 7.61. The van der Waals surface area contributed by atoms with Gasteiger partial charge in [0.25, 0.3) is 20.2 Å². The molecule has 18 heteroatoms. The van der Waals surface area contributed by atoms with Crippen molar-refractivity contribution in [3.63, 3.8) is 0 Å². The number of hydrogen-bond acceptors (Lipinski definition) is 12. The quantitative estimate of drug-likeness (QED) is 0.0475. The number of carbonyl (C=O) groups excluding carboxylic acids is 4. The number of carboxylic acids is 2. The van der Waals surface area contributed by atoms with Gasteiger partial charge in [-0.2, -0.15) is 16.8 Å². The Hall–Kier alpha value is -0.300. The summed E-state index contributed by atoms with van der Waals surface area (Å²) >= 11 is 0. The Morgan fingerprint density at radius 3 is 1.33 bits per heavy atom. The number of carbonyl (C=O) groups is 4. The second-order valence-electron chi connectivity index (χ2n) is 9.03. The Morgan fingerprint density at radius 1 is 0.619 bits per heavy atom. The molecule has 0 amide bonds. The average molecular weight is 665 g/mol. The summed E-state index contributed by atoms with van der Waals surface area (Å²) in [5.74, 6) is -6.01. The zero-order chi connectivity index (χ0) is 31.2. The number of unbranched alkanes of at least 4 members (excludes halogenated alkanes) is 10. The van der Waals surface area contributed by atoms with E-state index < -0.39 is 67.5 Å². The van der Waals surface area contributed by atoms with Gasteiger partial charge < -0.3 is 29.3 Å². The average Bonchev–Trinajstić information content (AvgIpc) is 2.83. The molecule has 0 saturated carbocycles.